The van der Waals surface area contributed by atoms with Crippen molar-refractivity contribution in [2.45, 2.75) is 0 Å². The van der Waals surface area contributed by atoms with Gasteiger partial charge in [-0.1, -0.05) is 340 Å². The third-order valence-corrected chi connectivity index (χ3v) is 19.9. The Morgan fingerprint density at radius 2 is 0.385 bits per heavy atom. The summed E-state index contributed by atoms with van der Waals surface area (Å²) in [6.45, 7) is 0. The van der Waals surface area contributed by atoms with Crippen LogP contribution in [0.2, 0.25) is 0 Å². The Kier molecular flexibility index (Phi) is 15.4. The fourth-order valence-corrected chi connectivity index (χ4v) is 14.8. The van der Waals surface area contributed by atoms with Crippen LogP contribution in [0, 0.1) is 0 Å². The molecule has 8 heteroatoms. The molecule has 0 aliphatic carbocycles. The summed E-state index contributed by atoms with van der Waals surface area (Å²) in [7, 11) is 0. The molecule has 0 unspecified atom stereocenters. The van der Waals surface area contributed by atoms with Gasteiger partial charge in [0.15, 0.2) is 23.3 Å². The maximum Gasteiger partial charge on any atom is 0.238 e. The number of nitrogens with zero attached hydrogens (tertiary/aromatic N) is 8. The highest BCUT2D eigenvalue weighted by Crippen LogP contribution is 2.42. The predicted molar refractivity (Wildman–Crippen MR) is 427 cm³/mol. The number of rotatable bonds is 14. The maximum absolute atomic E-state index is 5.43. The second kappa shape index (κ2) is 26.2. The van der Waals surface area contributed by atoms with Crippen LogP contribution < -0.4 is 0 Å². The molecule has 0 bridgehead atoms. The van der Waals surface area contributed by atoms with Crippen molar-refractivity contribution in [3.05, 3.63) is 376 Å². The molecule has 0 radical (unpaired) electrons. The van der Waals surface area contributed by atoms with Gasteiger partial charge in [0, 0.05) is 54.9 Å². The molecule has 0 atom stereocenters. The number of benzene rings is 15. The van der Waals surface area contributed by atoms with E-state index in [-0.39, 0.29) is 0 Å². The molecule has 15 aromatic carbocycles. The van der Waals surface area contributed by atoms with Gasteiger partial charge < -0.3 is 0 Å². The van der Waals surface area contributed by atoms with Crippen molar-refractivity contribution in [2.24, 2.45) is 0 Å². The summed E-state index contributed by atoms with van der Waals surface area (Å²) in [4.78, 5) is 31.9. The summed E-state index contributed by atoms with van der Waals surface area (Å²) in [5.41, 5.74) is 25.5. The Hall–Kier alpha value is -14.1. The molecule has 0 fully saturated rings. The van der Waals surface area contributed by atoms with Gasteiger partial charge in [-0.25, -0.2) is 9.97 Å². The SMILES string of the molecule is c1ccc(-c2ccc(-c3nc(-c4cccc(-c5cccc(-c6cccc(-c7ccc(-c8ccc(-c9cccc%10c%11ccccc%11n(-c%11nc(-c%12ccccc%12)nc(-c%12cccc(-c%13ccccc%13)c%12)n%11)c9%10)cc8)cc7)c6)c5)c4)nc(-n4c5ccccc5c5cccc(-c6ccccc6)c54)n3)cc2)cc1. The van der Waals surface area contributed by atoms with Gasteiger partial charge in [-0.2, -0.15) is 19.9 Å². The lowest BCUT2D eigenvalue weighted by Gasteiger charge is -2.14. The average Bonchev–Trinajstić information content (AvgIpc) is 1.58. The second-order valence-corrected chi connectivity index (χ2v) is 26.2. The molecule has 19 aromatic rings. The zero-order chi connectivity index (χ0) is 68.9. The monoisotopic (exact) mass is 1330 g/mol. The van der Waals surface area contributed by atoms with Crippen molar-refractivity contribution in [1.82, 2.24) is 39.0 Å². The molecule has 4 aromatic heterocycles. The average molecular weight is 1330 g/mol. The van der Waals surface area contributed by atoms with E-state index in [2.05, 4.69) is 355 Å². The van der Waals surface area contributed by atoms with E-state index in [0.717, 1.165) is 155 Å². The molecule has 0 saturated carbocycles. The molecule has 0 aliphatic heterocycles. The van der Waals surface area contributed by atoms with Gasteiger partial charge in [-0.15, -0.1) is 0 Å². The molecule has 486 valence electrons. The maximum atomic E-state index is 5.43. The molecule has 8 nitrogen and oxygen atoms in total. The van der Waals surface area contributed by atoms with E-state index in [1.807, 2.05) is 30.3 Å². The first-order valence-corrected chi connectivity index (χ1v) is 35.1. The first kappa shape index (κ1) is 61.0. The second-order valence-electron chi connectivity index (χ2n) is 26.2. The van der Waals surface area contributed by atoms with Crippen LogP contribution in [0.25, 0.3) is 190 Å². The Bertz CT molecular complexity index is 6430. The van der Waals surface area contributed by atoms with Gasteiger partial charge in [-0.3, -0.25) is 9.13 Å². The van der Waals surface area contributed by atoms with Gasteiger partial charge >= 0.3 is 0 Å². The largest absolute Gasteiger partial charge is 0.277 e. The standard InChI is InChI=1S/C96H62N8/c1-5-23-63(24-6-1)65-53-57-72(58-54-65)92-98-94(102-96(100-92)103-87-45-15-13-39-83(87)85-43-21-41-81(89(85)103)69-27-9-3-10-28-69)80-38-20-36-78(62-80)77-35-18-34-76(60-77)75-33-17-31-73(59-75)68-49-47-66(48-50-68)67-51-55-70(56-52-67)82-42-22-44-86-84-40-14-16-46-88(84)104(90(82)86)95-99-91(71-29-11-4-12-30-71)97-93(101-95)79-37-19-32-74(61-79)64-25-7-2-8-26-64/h1-62H. The lowest BCUT2D eigenvalue weighted by atomic mass is 9.94. The highest BCUT2D eigenvalue weighted by atomic mass is 15.2. The van der Waals surface area contributed by atoms with Crippen LogP contribution in [0.1, 0.15) is 0 Å². The first-order chi connectivity index (χ1) is 51.5. The molecule has 0 amide bonds. The summed E-state index contributed by atoms with van der Waals surface area (Å²) in [5.74, 6) is 3.46. The third kappa shape index (κ3) is 11.3. The highest BCUT2D eigenvalue weighted by molar-refractivity contribution is 6.15. The fourth-order valence-electron chi connectivity index (χ4n) is 14.8. The van der Waals surface area contributed by atoms with E-state index in [4.69, 9.17) is 29.9 Å². The predicted octanol–water partition coefficient (Wildman–Crippen LogP) is 24.3. The van der Waals surface area contributed by atoms with E-state index in [0.29, 0.717) is 35.2 Å². The van der Waals surface area contributed by atoms with Crippen molar-refractivity contribution in [3.8, 4) is 146 Å². The van der Waals surface area contributed by atoms with Crippen LogP contribution in [0.5, 0.6) is 0 Å². The lowest BCUT2D eigenvalue weighted by molar-refractivity contribution is 0.953. The zero-order valence-corrected chi connectivity index (χ0v) is 56.4. The molecule has 0 aliphatic rings. The molecule has 4 heterocycles. The summed E-state index contributed by atoms with van der Waals surface area (Å²) in [5, 5.41) is 4.49. The van der Waals surface area contributed by atoms with Gasteiger partial charge in [0.25, 0.3) is 0 Å². The minimum absolute atomic E-state index is 0.544. The van der Waals surface area contributed by atoms with Gasteiger partial charge in [0.1, 0.15) is 0 Å². The van der Waals surface area contributed by atoms with Gasteiger partial charge in [0.05, 0.1) is 22.1 Å². The fraction of sp³-hybridized carbons (Fsp3) is 0. The normalized spacial score (nSPS) is 11.5. The van der Waals surface area contributed by atoms with Gasteiger partial charge in [0.2, 0.25) is 11.9 Å². The molecular weight excluding hydrogens is 1270 g/mol. The van der Waals surface area contributed by atoms with Crippen LogP contribution >= 0.6 is 0 Å². The summed E-state index contributed by atoms with van der Waals surface area (Å²) in [6, 6.07) is 133. The summed E-state index contributed by atoms with van der Waals surface area (Å²) >= 11 is 0. The van der Waals surface area contributed by atoms with Crippen LogP contribution in [0.3, 0.4) is 0 Å². The van der Waals surface area contributed by atoms with E-state index in [1.165, 1.54) is 0 Å². The Labute approximate surface area is 601 Å². The number of hydrogen-bond acceptors (Lipinski definition) is 6. The molecule has 0 N–H and O–H groups in total. The zero-order valence-electron chi connectivity index (χ0n) is 56.4. The number of para-hydroxylation sites is 4. The quantitative estimate of drug-likeness (QED) is 0.108. The third-order valence-electron chi connectivity index (χ3n) is 19.9. The summed E-state index contributed by atoms with van der Waals surface area (Å²) < 4.78 is 4.45. The van der Waals surface area contributed by atoms with Crippen LogP contribution in [-0.4, -0.2) is 39.0 Å². The van der Waals surface area contributed by atoms with Crippen LogP contribution in [-0.2, 0) is 0 Å². The van der Waals surface area contributed by atoms with Crippen molar-refractivity contribution in [2.75, 3.05) is 0 Å². The van der Waals surface area contributed by atoms with E-state index in [9.17, 15) is 0 Å². The van der Waals surface area contributed by atoms with E-state index in [1.54, 1.807) is 0 Å². The number of aromatic nitrogens is 8. The lowest BCUT2D eigenvalue weighted by Crippen LogP contribution is -2.07. The van der Waals surface area contributed by atoms with Gasteiger partial charge in [-0.05, 0) is 114 Å². The summed E-state index contributed by atoms with van der Waals surface area (Å²) in [6.07, 6.45) is 0. The Morgan fingerprint density at radius 3 is 0.788 bits per heavy atom. The molecule has 0 saturated heterocycles. The molecule has 0 spiro atoms. The minimum atomic E-state index is 0.544. The molecular formula is C96H62N8. The van der Waals surface area contributed by atoms with E-state index < -0.39 is 0 Å². The molecule has 104 heavy (non-hydrogen) atoms. The number of fused-ring (bicyclic) bond motifs is 6. The van der Waals surface area contributed by atoms with Crippen molar-refractivity contribution in [3.63, 3.8) is 0 Å². The van der Waals surface area contributed by atoms with Crippen LogP contribution in [0.15, 0.2) is 376 Å². The minimum Gasteiger partial charge on any atom is -0.277 e. The number of hydrogen-bond donors (Lipinski definition) is 0. The Balaban J connectivity index is 0.627. The topological polar surface area (TPSA) is 87.2 Å². The van der Waals surface area contributed by atoms with Crippen molar-refractivity contribution in [1.29, 1.82) is 0 Å². The van der Waals surface area contributed by atoms with Crippen molar-refractivity contribution < 1.29 is 0 Å². The van der Waals surface area contributed by atoms with Crippen molar-refractivity contribution >= 4 is 43.6 Å². The van der Waals surface area contributed by atoms with E-state index >= 15 is 0 Å². The first-order valence-electron chi connectivity index (χ1n) is 35.1. The Morgan fingerprint density at radius 1 is 0.154 bits per heavy atom. The molecule has 19 rings (SSSR count). The smallest absolute Gasteiger partial charge is 0.238 e. The van der Waals surface area contributed by atoms with Crippen LogP contribution in [0.4, 0.5) is 0 Å². The highest BCUT2D eigenvalue weighted by Gasteiger charge is 2.24.